The lowest BCUT2D eigenvalue weighted by Crippen LogP contribution is -2.31. The second-order valence-corrected chi connectivity index (χ2v) is 4.55. The summed E-state index contributed by atoms with van der Waals surface area (Å²) in [7, 11) is 0. The van der Waals surface area contributed by atoms with E-state index in [2.05, 4.69) is 0 Å². The molecule has 0 spiro atoms. The molecule has 0 amide bonds. The quantitative estimate of drug-likeness (QED) is 0.713. The zero-order valence-electron chi connectivity index (χ0n) is 10.6. The van der Waals surface area contributed by atoms with Crippen LogP contribution >= 0.6 is 0 Å². The molecule has 0 aromatic carbocycles. The molecular weight excluding hydrogens is 224 g/mol. The zero-order valence-corrected chi connectivity index (χ0v) is 10.6. The average Bonchev–Trinajstić information content (AvgIpc) is 2.14. The first-order chi connectivity index (χ1) is 7.97. The molecule has 98 valence electrons. The molecule has 0 N–H and O–H groups in total. The summed E-state index contributed by atoms with van der Waals surface area (Å²) < 4.78 is 15.2. The van der Waals surface area contributed by atoms with Gasteiger partial charge in [0.25, 0.3) is 0 Å². The zero-order chi connectivity index (χ0) is 12.8. The molecule has 1 aliphatic carbocycles. The molecule has 17 heavy (non-hydrogen) atoms. The summed E-state index contributed by atoms with van der Waals surface area (Å²) in [5.41, 5.74) is 0. The third kappa shape index (κ3) is 5.56. The highest BCUT2D eigenvalue weighted by atomic mass is 16.7. The molecular formula is C12H20O5. The van der Waals surface area contributed by atoms with Gasteiger partial charge >= 0.3 is 12.1 Å². The van der Waals surface area contributed by atoms with Crippen molar-refractivity contribution in [2.75, 3.05) is 0 Å². The van der Waals surface area contributed by atoms with E-state index in [0.29, 0.717) is 6.42 Å². The van der Waals surface area contributed by atoms with Crippen LogP contribution in [0.2, 0.25) is 0 Å². The van der Waals surface area contributed by atoms with Gasteiger partial charge in [-0.1, -0.05) is 0 Å². The topological polar surface area (TPSA) is 61.8 Å². The fourth-order valence-electron chi connectivity index (χ4n) is 1.91. The van der Waals surface area contributed by atoms with Gasteiger partial charge in [0.1, 0.15) is 12.2 Å². The SMILES string of the molecule is CC(=O)OC1CCCC(OC(=O)OC(C)C)C1. The summed E-state index contributed by atoms with van der Waals surface area (Å²) in [6.07, 6.45) is 1.90. The van der Waals surface area contributed by atoms with Gasteiger partial charge in [-0.25, -0.2) is 4.79 Å². The van der Waals surface area contributed by atoms with Gasteiger partial charge in [0.2, 0.25) is 0 Å². The van der Waals surface area contributed by atoms with E-state index < -0.39 is 6.16 Å². The van der Waals surface area contributed by atoms with Gasteiger partial charge in [-0.2, -0.15) is 0 Å². The van der Waals surface area contributed by atoms with Crippen LogP contribution in [0, 0.1) is 0 Å². The molecule has 0 bridgehead atoms. The molecule has 2 unspecified atom stereocenters. The monoisotopic (exact) mass is 244 g/mol. The Morgan fingerprint density at radius 1 is 1.12 bits per heavy atom. The van der Waals surface area contributed by atoms with Crippen LogP contribution in [0.4, 0.5) is 4.79 Å². The smallest absolute Gasteiger partial charge is 0.462 e. The molecule has 1 rings (SSSR count). The van der Waals surface area contributed by atoms with Gasteiger partial charge in [-0.05, 0) is 33.1 Å². The van der Waals surface area contributed by atoms with E-state index in [-0.39, 0.29) is 24.3 Å². The number of carbonyl (C=O) groups is 2. The number of carbonyl (C=O) groups excluding carboxylic acids is 2. The van der Waals surface area contributed by atoms with Crippen LogP contribution < -0.4 is 0 Å². The fourth-order valence-corrected chi connectivity index (χ4v) is 1.91. The van der Waals surface area contributed by atoms with Crippen molar-refractivity contribution in [3.8, 4) is 0 Å². The van der Waals surface area contributed by atoms with Crippen molar-refractivity contribution in [3.05, 3.63) is 0 Å². The van der Waals surface area contributed by atoms with Crippen molar-refractivity contribution in [1.29, 1.82) is 0 Å². The number of esters is 1. The Labute approximate surface area is 101 Å². The molecule has 0 radical (unpaired) electrons. The Morgan fingerprint density at radius 3 is 2.24 bits per heavy atom. The van der Waals surface area contributed by atoms with Gasteiger partial charge in [0.05, 0.1) is 6.10 Å². The summed E-state index contributed by atoms with van der Waals surface area (Å²) >= 11 is 0. The average molecular weight is 244 g/mol. The van der Waals surface area contributed by atoms with Gasteiger partial charge in [0.15, 0.2) is 0 Å². The highest BCUT2D eigenvalue weighted by Crippen LogP contribution is 2.24. The van der Waals surface area contributed by atoms with E-state index in [9.17, 15) is 9.59 Å². The molecule has 5 nitrogen and oxygen atoms in total. The van der Waals surface area contributed by atoms with E-state index in [1.54, 1.807) is 13.8 Å². The lowest BCUT2D eigenvalue weighted by atomic mass is 9.95. The Kier molecular flexibility index (Phi) is 5.25. The van der Waals surface area contributed by atoms with E-state index in [4.69, 9.17) is 14.2 Å². The van der Waals surface area contributed by atoms with Crippen molar-refractivity contribution in [1.82, 2.24) is 0 Å². The van der Waals surface area contributed by atoms with Gasteiger partial charge in [-0.15, -0.1) is 0 Å². The minimum Gasteiger partial charge on any atom is -0.462 e. The Bertz CT molecular complexity index is 274. The van der Waals surface area contributed by atoms with Crippen LogP contribution in [0.1, 0.15) is 46.5 Å². The van der Waals surface area contributed by atoms with Crippen LogP contribution in [0.3, 0.4) is 0 Å². The van der Waals surface area contributed by atoms with Crippen LogP contribution in [-0.2, 0) is 19.0 Å². The molecule has 0 aliphatic heterocycles. The fraction of sp³-hybridized carbons (Fsp3) is 0.833. The maximum Gasteiger partial charge on any atom is 0.508 e. The lowest BCUT2D eigenvalue weighted by molar-refractivity contribution is -0.149. The first kappa shape index (κ1) is 13.8. The van der Waals surface area contributed by atoms with Crippen LogP contribution in [0.5, 0.6) is 0 Å². The highest BCUT2D eigenvalue weighted by molar-refractivity contribution is 5.66. The van der Waals surface area contributed by atoms with Crippen LogP contribution in [0.25, 0.3) is 0 Å². The summed E-state index contributed by atoms with van der Waals surface area (Å²) in [4.78, 5) is 22.1. The Hall–Kier alpha value is -1.26. The minimum absolute atomic E-state index is 0.141. The lowest BCUT2D eigenvalue weighted by Gasteiger charge is -2.28. The summed E-state index contributed by atoms with van der Waals surface area (Å²) in [6, 6.07) is 0. The molecule has 5 heteroatoms. The van der Waals surface area contributed by atoms with Crippen molar-refractivity contribution < 1.29 is 23.8 Å². The Balaban J connectivity index is 2.34. The van der Waals surface area contributed by atoms with Crippen molar-refractivity contribution in [2.24, 2.45) is 0 Å². The first-order valence-corrected chi connectivity index (χ1v) is 6.02. The van der Waals surface area contributed by atoms with Gasteiger partial charge in [-0.3, -0.25) is 4.79 Å². The highest BCUT2D eigenvalue weighted by Gasteiger charge is 2.27. The predicted molar refractivity (Wildman–Crippen MR) is 60.5 cm³/mol. The third-order valence-electron chi connectivity index (χ3n) is 2.51. The van der Waals surface area contributed by atoms with E-state index in [1.807, 2.05) is 0 Å². The van der Waals surface area contributed by atoms with Crippen molar-refractivity contribution >= 4 is 12.1 Å². The van der Waals surface area contributed by atoms with Crippen molar-refractivity contribution in [2.45, 2.75) is 64.8 Å². The normalized spacial score (nSPS) is 24.2. The number of ether oxygens (including phenoxy) is 3. The molecule has 0 heterocycles. The van der Waals surface area contributed by atoms with E-state index in [0.717, 1.165) is 19.3 Å². The molecule has 0 aromatic rings. The molecule has 0 saturated heterocycles. The summed E-state index contributed by atoms with van der Waals surface area (Å²) in [5, 5.41) is 0. The van der Waals surface area contributed by atoms with Crippen molar-refractivity contribution in [3.63, 3.8) is 0 Å². The first-order valence-electron chi connectivity index (χ1n) is 6.02. The summed E-state index contributed by atoms with van der Waals surface area (Å²) in [5.74, 6) is -0.291. The second-order valence-electron chi connectivity index (χ2n) is 4.55. The molecule has 2 atom stereocenters. The van der Waals surface area contributed by atoms with Crippen LogP contribution in [-0.4, -0.2) is 30.4 Å². The van der Waals surface area contributed by atoms with Gasteiger partial charge < -0.3 is 14.2 Å². The minimum atomic E-state index is -0.645. The number of rotatable bonds is 3. The maximum atomic E-state index is 11.3. The maximum absolute atomic E-state index is 11.3. The predicted octanol–water partition coefficient (Wildman–Crippen LogP) is 2.42. The molecule has 0 aromatic heterocycles. The van der Waals surface area contributed by atoms with Gasteiger partial charge in [0, 0.05) is 13.3 Å². The standard InChI is InChI=1S/C12H20O5/c1-8(2)15-12(14)17-11-6-4-5-10(7-11)16-9(3)13/h8,10-11H,4-7H2,1-3H3. The number of hydrogen-bond acceptors (Lipinski definition) is 5. The molecule has 1 fully saturated rings. The Morgan fingerprint density at radius 2 is 1.71 bits per heavy atom. The summed E-state index contributed by atoms with van der Waals surface area (Å²) in [6.45, 7) is 4.92. The number of hydrogen-bond donors (Lipinski definition) is 0. The molecule has 1 aliphatic rings. The molecule has 1 saturated carbocycles. The van der Waals surface area contributed by atoms with E-state index in [1.165, 1.54) is 6.92 Å². The van der Waals surface area contributed by atoms with E-state index >= 15 is 0 Å². The largest absolute Gasteiger partial charge is 0.508 e. The second kappa shape index (κ2) is 6.47. The third-order valence-corrected chi connectivity index (χ3v) is 2.51. The van der Waals surface area contributed by atoms with Crippen LogP contribution in [0.15, 0.2) is 0 Å².